The maximum absolute atomic E-state index is 12.4. The standard InChI is InChI=1S/C17H18BrNO2/c1-19(12-14-4-3-5-16(10-14)21-2)17(20)15-8-6-13(11-18)7-9-15/h3-10H,11-12H2,1-2H3. The van der Waals surface area contributed by atoms with Gasteiger partial charge in [0.2, 0.25) is 0 Å². The first-order valence-corrected chi connectivity index (χ1v) is 7.79. The zero-order chi connectivity index (χ0) is 15.2. The molecule has 0 fully saturated rings. The van der Waals surface area contributed by atoms with Crippen molar-refractivity contribution in [1.82, 2.24) is 4.90 Å². The summed E-state index contributed by atoms with van der Waals surface area (Å²) >= 11 is 3.40. The number of hydrogen-bond donors (Lipinski definition) is 0. The van der Waals surface area contributed by atoms with Gasteiger partial charge in [-0.15, -0.1) is 0 Å². The van der Waals surface area contributed by atoms with E-state index in [0.717, 1.165) is 22.2 Å². The summed E-state index contributed by atoms with van der Waals surface area (Å²) in [5.41, 5.74) is 2.90. The number of amides is 1. The van der Waals surface area contributed by atoms with Crippen LogP contribution in [0.3, 0.4) is 0 Å². The average Bonchev–Trinajstić information content (AvgIpc) is 2.54. The van der Waals surface area contributed by atoms with E-state index in [1.54, 1.807) is 19.1 Å². The Balaban J connectivity index is 2.07. The van der Waals surface area contributed by atoms with Crippen molar-refractivity contribution in [2.24, 2.45) is 0 Å². The number of alkyl halides is 1. The molecule has 0 radical (unpaired) electrons. The van der Waals surface area contributed by atoms with Crippen LogP contribution >= 0.6 is 15.9 Å². The second-order valence-corrected chi connectivity index (χ2v) is 5.40. The lowest BCUT2D eigenvalue weighted by Crippen LogP contribution is -2.26. The minimum absolute atomic E-state index is 0.0129. The van der Waals surface area contributed by atoms with E-state index in [1.165, 1.54) is 0 Å². The van der Waals surface area contributed by atoms with E-state index >= 15 is 0 Å². The minimum Gasteiger partial charge on any atom is -0.497 e. The molecule has 0 aliphatic heterocycles. The van der Waals surface area contributed by atoms with Crippen LogP contribution in [0, 0.1) is 0 Å². The van der Waals surface area contributed by atoms with Crippen molar-refractivity contribution in [2.45, 2.75) is 11.9 Å². The molecule has 0 aliphatic carbocycles. The molecule has 0 aliphatic rings. The third-order valence-electron chi connectivity index (χ3n) is 3.26. The summed E-state index contributed by atoms with van der Waals surface area (Å²) in [6.45, 7) is 0.552. The zero-order valence-electron chi connectivity index (χ0n) is 12.2. The Kier molecular flexibility index (Phi) is 5.39. The largest absolute Gasteiger partial charge is 0.497 e. The molecule has 2 aromatic carbocycles. The summed E-state index contributed by atoms with van der Waals surface area (Å²) in [6.07, 6.45) is 0. The molecule has 2 aromatic rings. The van der Waals surface area contributed by atoms with Crippen LogP contribution in [0.2, 0.25) is 0 Å². The Morgan fingerprint density at radius 2 is 1.86 bits per heavy atom. The Hall–Kier alpha value is -1.81. The molecular formula is C17H18BrNO2. The molecule has 0 spiro atoms. The fraction of sp³-hybridized carbons (Fsp3) is 0.235. The Morgan fingerprint density at radius 3 is 2.48 bits per heavy atom. The van der Waals surface area contributed by atoms with E-state index in [0.29, 0.717) is 12.1 Å². The van der Waals surface area contributed by atoms with E-state index in [2.05, 4.69) is 15.9 Å². The molecule has 0 aromatic heterocycles. The van der Waals surface area contributed by atoms with Crippen LogP contribution < -0.4 is 4.74 Å². The van der Waals surface area contributed by atoms with Crippen LogP contribution in [0.1, 0.15) is 21.5 Å². The van der Waals surface area contributed by atoms with Gasteiger partial charge in [-0.2, -0.15) is 0 Å². The number of carbonyl (C=O) groups is 1. The number of rotatable bonds is 5. The van der Waals surface area contributed by atoms with Crippen molar-refractivity contribution < 1.29 is 9.53 Å². The van der Waals surface area contributed by atoms with Gasteiger partial charge in [0.05, 0.1) is 7.11 Å². The second-order valence-electron chi connectivity index (χ2n) is 4.84. The first-order valence-electron chi connectivity index (χ1n) is 6.67. The van der Waals surface area contributed by atoms with Crippen molar-refractivity contribution in [1.29, 1.82) is 0 Å². The van der Waals surface area contributed by atoms with Crippen molar-refractivity contribution >= 4 is 21.8 Å². The smallest absolute Gasteiger partial charge is 0.253 e. The number of nitrogens with zero attached hydrogens (tertiary/aromatic N) is 1. The van der Waals surface area contributed by atoms with Gasteiger partial charge < -0.3 is 9.64 Å². The van der Waals surface area contributed by atoms with Gasteiger partial charge in [0.1, 0.15) is 5.75 Å². The lowest BCUT2D eigenvalue weighted by molar-refractivity contribution is 0.0785. The highest BCUT2D eigenvalue weighted by Gasteiger charge is 2.12. The van der Waals surface area contributed by atoms with Crippen molar-refractivity contribution in [3.8, 4) is 5.75 Å². The van der Waals surface area contributed by atoms with Gasteiger partial charge in [-0.1, -0.05) is 40.2 Å². The SMILES string of the molecule is COc1cccc(CN(C)C(=O)c2ccc(CBr)cc2)c1. The van der Waals surface area contributed by atoms with Gasteiger partial charge in [0, 0.05) is 24.5 Å². The molecule has 21 heavy (non-hydrogen) atoms. The molecule has 0 atom stereocenters. The summed E-state index contributed by atoms with van der Waals surface area (Å²) in [5.74, 6) is 0.814. The number of carbonyl (C=O) groups excluding carboxylic acids is 1. The summed E-state index contributed by atoms with van der Waals surface area (Å²) in [4.78, 5) is 14.1. The van der Waals surface area contributed by atoms with Crippen LogP contribution in [-0.2, 0) is 11.9 Å². The highest BCUT2D eigenvalue weighted by atomic mass is 79.9. The van der Waals surface area contributed by atoms with Crippen LogP contribution in [0.5, 0.6) is 5.75 Å². The maximum atomic E-state index is 12.4. The summed E-state index contributed by atoms with van der Waals surface area (Å²) in [6, 6.07) is 15.4. The summed E-state index contributed by atoms with van der Waals surface area (Å²) in [5, 5.41) is 0.793. The minimum atomic E-state index is 0.0129. The van der Waals surface area contributed by atoms with Gasteiger partial charge in [-0.3, -0.25) is 4.79 Å². The number of halogens is 1. The number of ether oxygens (including phenoxy) is 1. The van der Waals surface area contributed by atoms with Crippen molar-refractivity contribution in [2.75, 3.05) is 14.2 Å². The number of methoxy groups -OCH3 is 1. The van der Waals surface area contributed by atoms with Gasteiger partial charge in [0.25, 0.3) is 5.91 Å². The van der Waals surface area contributed by atoms with Crippen molar-refractivity contribution in [3.63, 3.8) is 0 Å². The Labute approximate surface area is 133 Å². The Bertz CT molecular complexity index is 610. The molecule has 1 amide bonds. The van der Waals surface area contributed by atoms with E-state index in [1.807, 2.05) is 48.5 Å². The molecule has 0 bridgehead atoms. The van der Waals surface area contributed by atoms with Gasteiger partial charge in [-0.05, 0) is 35.4 Å². The fourth-order valence-electron chi connectivity index (χ4n) is 2.07. The summed E-state index contributed by atoms with van der Waals surface area (Å²) in [7, 11) is 3.44. The first-order chi connectivity index (χ1) is 10.1. The number of benzene rings is 2. The van der Waals surface area contributed by atoms with Gasteiger partial charge in [0.15, 0.2) is 0 Å². The van der Waals surface area contributed by atoms with Crippen molar-refractivity contribution in [3.05, 3.63) is 65.2 Å². The van der Waals surface area contributed by atoms with Crippen LogP contribution in [0.15, 0.2) is 48.5 Å². The average molecular weight is 348 g/mol. The molecular weight excluding hydrogens is 330 g/mol. The molecule has 0 saturated carbocycles. The van der Waals surface area contributed by atoms with Crippen LogP contribution in [0.4, 0.5) is 0 Å². The van der Waals surface area contributed by atoms with E-state index in [-0.39, 0.29) is 5.91 Å². The molecule has 110 valence electrons. The molecule has 4 heteroatoms. The lowest BCUT2D eigenvalue weighted by atomic mass is 10.1. The lowest BCUT2D eigenvalue weighted by Gasteiger charge is -2.18. The molecule has 0 heterocycles. The highest BCUT2D eigenvalue weighted by molar-refractivity contribution is 9.08. The van der Waals surface area contributed by atoms with E-state index in [9.17, 15) is 4.79 Å². The Morgan fingerprint density at radius 1 is 1.14 bits per heavy atom. The predicted octanol–water partition coefficient (Wildman–Crippen LogP) is 3.86. The van der Waals surface area contributed by atoms with E-state index < -0.39 is 0 Å². The monoisotopic (exact) mass is 347 g/mol. The van der Waals surface area contributed by atoms with Crippen LogP contribution in [0.25, 0.3) is 0 Å². The first kappa shape index (κ1) is 15.6. The molecule has 0 unspecified atom stereocenters. The summed E-state index contributed by atoms with van der Waals surface area (Å²) < 4.78 is 5.20. The fourth-order valence-corrected chi connectivity index (χ4v) is 2.45. The highest BCUT2D eigenvalue weighted by Crippen LogP contribution is 2.15. The van der Waals surface area contributed by atoms with E-state index in [4.69, 9.17) is 4.74 Å². The molecule has 0 N–H and O–H groups in total. The predicted molar refractivity (Wildman–Crippen MR) is 87.9 cm³/mol. The molecule has 2 rings (SSSR count). The third kappa shape index (κ3) is 4.08. The second kappa shape index (κ2) is 7.27. The topological polar surface area (TPSA) is 29.5 Å². The third-order valence-corrected chi connectivity index (χ3v) is 3.90. The number of hydrogen-bond acceptors (Lipinski definition) is 2. The van der Waals surface area contributed by atoms with Crippen LogP contribution in [-0.4, -0.2) is 25.0 Å². The molecule has 0 saturated heterocycles. The molecule has 3 nitrogen and oxygen atoms in total. The normalized spacial score (nSPS) is 10.2. The quantitative estimate of drug-likeness (QED) is 0.768. The van der Waals surface area contributed by atoms with Gasteiger partial charge in [-0.25, -0.2) is 0 Å². The maximum Gasteiger partial charge on any atom is 0.253 e. The van der Waals surface area contributed by atoms with Gasteiger partial charge >= 0.3 is 0 Å². The zero-order valence-corrected chi connectivity index (χ0v) is 13.8.